The Kier molecular flexibility index (Phi) is 53.0. The number of nitrogens with zero attached hydrogens (tertiary/aromatic N) is 1. The van der Waals surface area contributed by atoms with Gasteiger partial charge in [-0.15, -0.1) is 0 Å². The smallest absolute Gasteiger partial charge is 0.387 e. The van der Waals surface area contributed by atoms with Crippen LogP contribution in [0.25, 0.3) is 0 Å². The van der Waals surface area contributed by atoms with Crippen LogP contribution in [0, 0.1) is 0 Å². The lowest BCUT2D eigenvalue weighted by atomic mass is 10.1. The highest BCUT2D eigenvalue weighted by Gasteiger charge is 2.27. The van der Waals surface area contributed by atoms with E-state index in [0.717, 1.165) is 128 Å². The highest BCUT2D eigenvalue weighted by Crippen LogP contribution is 2.43. The van der Waals surface area contributed by atoms with Crippen molar-refractivity contribution in [3.63, 3.8) is 0 Å². The van der Waals surface area contributed by atoms with Crippen LogP contribution < -0.4 is 5.32 Å². The summed E-state index contributed by atoms with van der Waals surface area (Å²) in [6.07, 6.45) is 87.8. The first-order chi connectivity index (χ1) is 37.0. The summed E-state index contributed by atoms with van der Waals surface area (Å²) in [4.78, 5) is 23.3. The largest absolute Gasteiger partial charge is 0.472 e. The number of amides is 1. The SMILES string of the molecule is CC/C=C\C/C=C\C/C=C\C/C=C\C/C=C\C/C=C\C/C=C\C/C=C\C/C=C\C/C=C\C/C=C\CCCCCCCC(=O)NC(COP(=O)(O)OCC[N+](C)(C)C)C(O)/C=C/CC/C=C/CCCCCCCCCCC. The third-order valence-electron chi connectivity index (χ3n) is 12.2. The summed E-state index contributed by atoms with van der Waals surface area (Å²) in [5.74, 6) is -0.213. The summed E-state index contributed by atoms with van der Waals surface area (Å²) in [6, 6.07) is -0.886. The maximum atomic E-state index is 13.0. The average molecular weight is 1070 g/mol. The van der Waals surface area contributed by atoms with Crippen molar-refractivity contribution in [2.75, 3.05) is 40.9 Å². The van der Waals surface area contributed by atoms with Gasteiger partial charge in [0.1, 0.15) is 13.2 Å². The first kappa shape index (κ1) is 72.1. The van der Waals surface area contributed by atoms with Crippen LogP contribution >= 0.6 is 7.82 Å². The van der Waals surface area contributed by atoms with Crippen LogP contribution in [0.5, 0.6) is 0 Å². The van der Waals surface area contributed by atoms with Gasteiger partial charge >= 0.3 is 7.82 Å². The Labute approximate surface area is 467 Å². The Balaban J connectivity index is 4.24. The molecule has 1 amide bonds. The molecule has 0 heterocycles. The summed E-state index contributed by atoms with van der Waals surface area (Å²) in [6.45, 7) is 4.64. The van der Waals surface area contributed by atoms with Crippen LogP contribution in [0.1, 0.15) is 206 Å². The van der Waals surface area contributed by atoms with E-state index >= 15 is 0 Å². The fourth-order valence-corrected chi connectivity index (χ4v) is 8.33. The fourth-order valence-electron chi connectivity index (χ4n) is 7.59. The van der Waals surface area contributed by atoms with Gasteiger partial charge in [-0.05, 0) is 116 Å². The van der Waals surface area contributed by atoms with Gasteiger partial charge in [0.15, 0.2) is 0 Å². The molecule has 0 spiro atoms. The molecule has 0 rings (SSSR count). The van der Waals surface area contributed by atoms with E-state index in [-0.39, 0.29) is 19.1 Å². The number of rotatable bonds is 52. The van der Waals surface area contributed by atoms with Gasteiger partial charge in [-0.1, -0.05) is 242 Å². The number of aliphatic hydroxyl groups is 1. The second kappa shape index (κ2) is 55.9. The van der Waals surface area contributed by atoms with Crippen molar-refractivity contribution in [1.29, 1.82) is 0 Å². The quantitative estimate of drug-likeness (QED) is 0.0243. The predicted molar refractivity (Wildman–Crippen MR) is 331 cm³/mol. The number of carbonyl (C=O) groups is 1. The minimum absolute atomic E-state index is 0.0435. The Hall–Kier alpha value is -3.88. The Bertz CT molecular complexity index is 1790. The number of aliphatic hydroxyl groups excluding tert-OH is 1. The number of unbranched alkanes of at least 4 members (excludes halogenated alkanes) is 15. The summed E-state index contributed by atoms with van der Waals surface area (Å²) in [7, 11) is 1.52. The summed E-state index contributed by atoms with van der Waals surface area (Å²) < 4.78 is 23.6. The van der Waals surface area contributed by atoms with Crippen LogP contribution in [-0.2, 0) is 18.4 Å². The number of phosphoric acid groups is 1. The van der Waals surface area contributed by atoms with Crippen LogP contribution in [0.3, 0.4) is 0 Å². The van der Waals surface area contributed by atoms with Crippen molar-refractivity contribution < 1.29 is 32.9 Å². The van der Waals surface area contributed by atoms with Gasteiger partial charge in [-0.3, -0.25) is 13.8 Å². The van der Waals surface area contributed by atoms with E-state index in [2.05, 4.69) is 165 Å². The van der Waals surface area contributed by atoms with Gasteiger partial charge in [0, 0.05) is 6.42 Å². The van der Waals surface area contributed by atoms with E-state index < -0.39 is 20.0 Å². The standard InChI is InChI=1S/C67H111N2O6P/c1-6-8-10-12-14-16-18-20-22-23-24-25-26-27-28-29-30-31-32-33-34-35-36-37-38-39-40-41-42-43-44-45-47-49-51-53-55-57-59-61-67(71)68-65(64-75-76(72,73)74-63-62-69(3,4)5)66(70)60-58-56-54-52-50-48-46-21-19-17-15-13-11-9-7-2/h8,10,14,16,20,22,24-25,27-28,30-31,33-34,36-37,39-40,42-43,45,47,50,52,58,60,65-66,70H,6-7,9,11-13,15,17-19,21,23,26,29,32,35,38,41,44,46,48-49,51,53-57,59,61-64H2,1-5H3,(H-,68,71,72,73)/p+1/b10-8-,16-14-,22-20-,25-24-,28-27-,31-30-,34-33-,37-36-,40-39-,43-42-,47-45-,52-50+,60-58+. The molecule has 76 heavy (non-hydrogen) atoms. The molecule has 3 unspecified atom stereocenters. The van der Waals surface area contributed by atoms with Crippen molar-refractivity contribution >= 4 is 13.7 Å². The molecule has 0 radical (unpaired) electrons. The minimum atomic E-state index is -4.37. The second-order valence-corrected chi connectivity index (χ2v) is 22.1. The number of quaternary nitrogens is 1. The molecule has 3 N–H and O–H groups in total. The van der Waals surface area contributed by atoms with E-state index in [9.17, 15) is 19.4 Å². The molecule has 9 heteroatoms. The van der Waals surface area contributed by atoms with E-state index in [1.165, 1.54) is 57.8 Å². The van der Waals surface area contributed by atoms with Crippen molar-refractivity contribution in [2.45, 2.75) is 219 Å². The molecule has 0 aliphatic carbocycles. The van der Waals surface area contributed by atoms with Crippen LogP contribution in [0.4, 0.5) is 0 Å². The monoisotopic (exact) mass is 1070 g/mol. The predicted octanol–water partition coefficient (Wildman–Crippen LogP) is 18.6. The zero-order chi connectivity index (χ0) is 55.6. The molecule has 0 aromatic rings. The van der Waals surface area contributed by atoms with Gasteiger partial charge < -0.3 is 19.8 Å². The third kappa shape index (κ3) is 57.8. The molecule has 3 atom stereocenters. The molecule has 0 bridgehead atoms. The minimum Gasteiger partial charge on any atom is -0.387 e. The van der Waals surface area contributed by atoms with Gasteiger partial charge in [-0.2, -0.15) is 0 Å². The molecule has 430 valence electrons. The van der Waals surface area contributed by atoms with Gasteiger partial charge in [0.2, 0.25) is 5.91 Å². The highest BCUT2D eigenvalue weighted by molar-refractivity contribution is 7.47. The number of allylic oxidation sites excluding steroid dienone is 25. The summed E-state index contributed by atoms with van der Waals surface area (Å²) in [5, 5.41) is 13.9. The van der Waals surface area contributed by atoms with Crippen LogP contribution in [0.2, 0.25) is 0 Å². The molecule has 0 aliphatic heterocycles. The van der Waals surface area contributed by atoms with Crippen molar-refractivity contribution in [3.05, 3.63) is 158 Å². The molecule has 0 fully saturated rings. The Morgan fingerprint density at radius 2 is 0.803 bits per heavy atom. The lowest BCUT2D eigenvalue weighted by Gasteiger charge is -2.25. The van der Waals surface area contributed by atoms with E-state index in [1.807, 2.05) is 27.2 Å². The van der Waals surface area contributed by atoms with Gasteiger partial charge in [-0.25, -0.2) is 4.57 Å². The first-order valence-corrected chi connectivity index (χ1v) is 31.4. The number of phosphoric ester groups is 1. The summed E-state index contributed by atoms with van der Waals surface area (Å²) in [5.41, 5.74) is 0. The van der Waals surface area contributed by atoms with Crippen LogP contribution in [0.15, 0.2) is 158 Å². The Morgan fingerprint density at radius 3 is 1.21 bits per heavy atom. The molecule has 0 saturated heterocycles. The number of hydrogen-bond donors (Lipinski definition) is 3. The van der Waals surface area contributed by atoms with Crippen molar-refractivity contribution in [2.24, 2.45) is 0 Å². The number of likely N-dealkylation sites (N-methyl/N-ethyl adjacent to an activating group) is 1. The fraction of sp³-hybridized carbons (Fsp3) is 0.597. The van der Waals surface area contributed by atoms with Gasteiger partial charge in [0.05, 0.1) is 39.9 Å². The number of carbonyl (C=O) groups excluding carboxylic acids is 1. The highest BCUT2D eigenvalue weighted by atomic mass is 31.2. The normalized spacial score (nSPS) is 15.0. The van der Waals surface area contributed by atoms with E-state index in [0.29, 0.717) is 17.4 Å². The molecular formula is C67H112N2O6P+. The molecule has 0 saturated carbocycles. The lowest BCUT2D eigenvalue weighted by Crippen LogP contribution is -2.45. The van der Waals surface area contributed by atoms with Gasteiger partial charge in [0.25, 0.3) is 0 Å². The molecule has 0 aliphatic rings. The molecule has 8 nitrogen and oxygen atoms in total. The maximum Gasteiger partial charge on any atom is 0.472 e. The van der Waals surface area contributed by atoms with Crippen molar-refractivity contribution in [3.8, 4) is 0 Å². The topological polar surface area (TPSA) is 105 Å². The van der Waals surface area contributed by atoms with E-state index in [4.69, 9.17) is 9.05 Å². The summed E-state index contributed by atoms with van der Waals surface area (Å²) >= 11 is 0. The van der Waals surface area contributed by atoms with Crippen molar-refractivity contribution in [1.82, 2.24) is 5.32 Å². The average Bonchev–Trinajstić information content (AvgIpc) is 3.38. The zero-order valence-corrected chi connectivity index (χ0v) is 49.8. The molecular weight excluding hydrogens is 960 g/mol. The molecule has 0 aromatic heterocycles. The zero-order valence-electron chi connectivity index (χ0n) is 48.9. The van der Waals surface area contributed by atoms with E-state index in [1.54, 1.807) is 6.08 Å². The lowest BCUT2D eigenvalue weighted by molar-refractivity contribution is -0.870. The molecule has 0 aromatic carbocycles. The third-order valence-corrected chi connectivity index (χ3v) is 13.2. The maximum absolute atomic E-state index is 13.0. The second-order valence-electron chi connectivity index (χ2n) is 20.6. The first-order valence-electron chi connectivity index (χ1n) is 29.9. The number of hydrogen-bond acceptors (Lipinski definition) is 5. The number of nitrogens with one attached hydrogen (secondary N) is 1. The Morgan fingerprint density at radius 1 is 0.461 bits per heavy atom. The van der Waals surface area contributed by atoms with Crippen LogP contribution in [-0.4, -0.2) is 73.4 Å².